The van der Waals surface area contributed by atoms with Crippen LogP contribution in [0, 0.1) is 11.3 Å². The number of thioether (sulfide) groups is 1. The number of carbonyl (C=O) groups excluding carboxylic acids is 1. The van der Waals surface area contributed by atoms with Crippen molar-refractivity contribution in [2.24, 2.45) is 0 Å². The van der Waals surface area contributed by atoms with Gasteiger partial charge in [0.1, 0.15) is 5.54 Å². The van der Waals surface area contributed by atoms with Crippen LogP contribution in [0.1, 0.15) is 12.8 Å². The summed E-state index contributed by atoms with van der Waals surface area (Å²) in [6, 6.07) is 12.8. The van der Waals surface area contributed by atoms with Crippen LogP contribution in [-0.4, -0.2) is 60.6 Å². The molecule has 0 spiro atoms. The van der Waals surface area contributed by atoms with Crippen LogP contribution in [0.2, 0.25) is 0 Å². The van der Waals surface area contributed by atoms with E-state index in [1.807, 2.05) is 6.07 Å². The maximum absolute atomic E-state index is 12.2. The van der Waals surface area contributed by atoms with Gasteiger partial charge in [-0.25, -0.2) is 0 Å². The van der Waals surface area contributed by atoms with Crippen LogP contribution >= 0.6 is 11.8 Å². The summed E-state index contributed by atoms with van der Waals surface area (Å²) >= 11 is 1.74. The van der Waals surface area contributed by atoms with E-state index in [9.17, 15) is 10.1 Å². The highest BCUT2D eigenvalue weighted by atomic mass is 32.2. The van der Waals surface area contributed by atoms with Crippen LogP contribution in [0.5, 0.6) is 0 Å². The first-order chi connectivity index (χ1) is 11.7. The fraction of sp³-hybridized carbons (Fsp3) is 0.556. The van der Waals surface area contributed by atoms with Crippen LogP contribution in [0.4, 0.5) is 5.69 Å². The molecule has 1 atom stereocenters. The average molecular weight is 344 g/mol. The first kappa shape index (κ1) is 17.1. The molecule has 2 aliphatic rings. The first-order valence-corrected chi connectivity index (χ1v) is 9.69. The molecular formula is C18H24N4OS. The molecule has 1 aromatic rings. The number of anilines is 1. The van der Waals surface area contributed by atoms with Gasteiger partial charge in [0.2, 0.25) is 5.91 Å². The molecule has 0 aliphatic carbocycles. The van der Waals surface area contributed by atoms with Gasteiger partial charge in [0.15, 0.2) is 0 Å². The van der Waals surface area contributed by atoms with E-state index in [1.54, 1.807) is 11.8 Å². The Balaban J connectivity index is 1.40. The third-order valence-electron chi connectivity index (χ3n) is 4.76. The minimum atomic E-state index is -0.631. The second kappa shape index (κ2) is 7.91. The van der Waals surface area contributed by atoms with Crippen molar-refractivity contribution in [2.45, 2.75) is 18.4 Å². The van der Waals surface area contributed by atoms with Crippen molar-refractivity contribution in [3.05, 3.63) is 30.3 Å². The van der Waals surface area contributed by atoms with Gasteiger partial charge in [-0.15, -0.1) is 0 Å². The smallest absolute Gasteiger partial charge is 0.222 e. The van der Waals surface area contributed by atoms with Crippen molar-refractivity contribution in [3.63, 3.8) is 0 Å². The lowest BCUT2D eigenvalue weighted by Crippen LogP contribution is -2.50. The number of piperazine rings is 1. The quantitative estimate of drug-likeness (QED) is 0.881. The zero-order chi connectivity index (χ0) is 16.8. The maximum Gasteiger partial charge on any atom is 0.222 e. The van der Waals surface area contributed by atoms with E-state index >= 15 is 0 Å². The fourth-order valence-electron chi connectivity index (χ4n) is 3.24. The van der Waals surface area contributed by atoms with Crippen molar-refractivity contribution in [2.75, 3.05) is 49.1 Å². The monoisotopic (exact) mass is 344 g/mol. The largest absolute Gasteiger partial charge is 0.369 e. The summed E-state index contributed by atoms with van der Waals surface area (Å²) in [5, 5.41) is 12.3. The zero-order valence-corrected chi connectivity index (χ0v) is 14.7. The fourth-order valence-corrected chi connectivity index (χ4v) is 4.50. The third kappa shape index (κ3) is 4.22. The lowest BCUT2D eigenvalue weighted by atomic mass is 10.0. The van der Waals surface area contributed by atoms with Crippen LogP contribution in [-0.2, 0) is 4.79 Å². The van der Waals surface area contributed by atoms with Crippen molar-refractivity contribution in [1.29, 1.82) is 5.26 Å². The molecular weight excluding hydrogens is 320 g/mol. The highest BCUT2D eigenvalue weighted by Crippen LogP contribution is 2.27. The van der Waals surface area contributed by atoms with Crippen LogP contribution in [0.3, 0.4) is 0 Å². The minimum Gasteiger partial charge on any atom is -0.369 e. The highest BCUT2D eigenvalue weighted by Gasteiger charge is 2.35. The number of benzene rings is 1. The number of rotatable bonds is 5. The summed E-state index contributed by atoms with van der Waals surface area (Å²) in [5.74, 6) is 1.67. The molecule has 2 aliphatic heterocycles. The SMILES string of the molecule is N#CC1(NC(=O)CCN2CCN(c3ccccc3)CC2)CCSC1. The van der Waals surface area contributed by atoms with E-state index < -0.39 is 5.54 Å². The number of carbonyl (C=O) groups is 1. The number of hydrogen-bond donors (Lipinski definition) is 1. The summed E-state index contributed by atoms with van der Waals surface area (Å²) in [7, 11) is 0. The summed E-state index contributed by atoms with van der Waals surface area (Å²) in [4.78, 5) is 16.9. The summed E-state index contributed by atoms with van der Waals surface area (Å²) < 4.78 is 0. The van der Waals surface area contributed by atoms with Crippen molar-refractivity contribution >= 4 is 23.4 Å². The van der Waals surface area contributed by atoms with Crippen LogP contribution < -0.4 is 10.2 Å². The molecule has 0 aromatic heterocycles. The lowest BCUT2D eigenvalue weighted by Gasteiger charge is -2.36. The van der Waals surface area contributed by atoms with E-state index in [0.29, 0.717) is 12.2 Å². The van der Waals surface area contributed by atoms with E-state index in [4.69, 9.17) is 0 Å². The molecule has 1 N–H and O–H groups in total. The predicted octanol–water partition coefficient (Wildman–Crippen LogP) is 1.71. The number of nitrogens with zero attached hydrogens (tertiary/aromatic N) is 3. The van der Waals surface area contributed by atoms with E-state index in [-0.39, 0.29) is 5.91 Å². The molecule has 0 bridgehead atoms. The Kier molecular flexibility index (Phi) is 5.64. The Labute approximate surface area is 148 Å². The van der Waals surface area contributed by atoms with Gasteiger partial charge < -0.3 is 10.2 Å². The maximum atomic E-state index is 12.2. The Morgan fingerprint density at radius 3 is 2.62 bits per heavy atom. The molecule has 2 fully saturated rings. The molecule has 3 rings (SSSR count). The number of amides is 1. The Bertz CT molecular complexity index is 587. The topological polar surface area (TPSA) is 59.4 Å². The third-order valence-corrected chi connectivity index (χ3v) is 5.95. The van der Waals surface area contributed by atoms with E-state index in [2.05, 4.69) is 45.5 Å². The van der Waals surface area contributed by atoms with Gasteiger partial charge in [-0.3, -0.25) is 9.69 Å². The number of hydrogen-bond acceptors (Lipinski definition) is 5. The standard InChI is InChI=1S/C18H24N4OS/c19-14-18(7-13-24-15-18)20-17(23)6-8-21-9-11-22(12-10-21)16-4-2-1-3-5-16/h1-5H,6-13,15H2,(H,20,23). The van der Waals surface area contributed by atoms with Crippen LogP contribution in [0.25, 0.3) is 0 Å². The summed E-state index contributed by atoms with van der Waals surface area (Å²) in [5.41, 5.74) is 0.637. The lowest BCUT2D eigenvalue weighted by molar-refractivity contribution is -0.122. The molecule has 5 nitrogen and oxygen atoms in total. The van der Waals surface area contributed by atoms with Gasteiger partial charge in [0.05, 0.1) is 6.07 Å². The number of para-hydroxylation sites is 1. The Morgan fingerprint density at radius 2 is 2.00 bits per heavy atom. The molecule has 1 unspecified atom stereocenters. The molecule has 0 saturated carbocycles. The predicted molar refractivity (Wildman–Crippen MR) is 98.1 cm³/mol. The van der Waals surface area contributed by atoms with Gasteiger partial charge in [0, 0.05) is 50.6 Å². The molecule has 2 heterocycles. The summed E-state index contributed by atoms with van der Waals surface area (Å²) in [6.07, 6.45) is 1.23. The van der Waals surface area contributed by atoms with Gasteiger partial charge in [-0.2, -0.15) is 17.0 Å². The van der Waals surface area contributed by atoms with E-state index in [1.165, 1.54) is 5.69 Å². The normalized spacial score (nSPS) is 24.5. The first-order valence-electron chi connectivity index (χ1n) is 8.53. The van der Waals surface area contributed by atoms with Crippen molar-refractivity contribution < 1.29 is 4.79 Å². The average Bonchev–Trinajstić information content (AvgIpc) is 3.10. The zero-order valence-electron chi connectivity index (χ0n) is 13.9. The van der Waals surface area contributed by atoms with E-state index in [0.717, 1.165) is 44.9 Å². The molecule has 1 amide bonds. The van der Waals surface area contributed by atoms with Gasteiger partial charge >= 0.3 is 0 Å². The minimum absolute atomic E-state index is 0.00420. The van der Waals surface area contributed by atoms with Crippen LogP contribution in [0.15, 0.2) is 30.3 Å². The molecule has 2 saturated heterocycles. The Morgan fingerprint density at radius 1 is 1.25 bits per heavy atom. The molecule has 0 radical (unpaired) electrons. The number of nitriles is 1. The van der Waals surface area contributed by atoms with Gasteiger partial charge in [-0.1, -0.05) is 18.2 Å². The van der Waals surface area contributed by atoms with Gasteiger partial charge in [-0.05, 0) is 24.3 Å². The Hall–Kier alpha value is -1.71. The van der Waals surface area contributed by atoms with Gasteiger partial charge in [0.25, 0.3) is 0 Å². The molecule has 6 heteroatoms. The summed E-state index contributed by atoms with van der Waals surface area (Å²) in [6.45, 7) is 4.70. The number of nitrogens with one attached hydrogen (secondary N) is 1. The highest BCUT2D eigenvalue weighted by molar-refractivity contribution is 7.99. The van der Waals surface area contributed by atoms with Crippen molar-refractivity contribution in [1.82, 2.24) is 10.2 Å². The second-order valence-electron chi connectivity index (χ2n) is 6.46. The molecule has 1 aromatic carbocycles. The molecule has 128 valence electrons. The second-order valence-corrected chi connectivity index (χ2v) is 7.56. The molecule has 24 heavy (non-hydrogen) atoms. The van der Waals surface area contributed by atoms with Crippen molar-refractivity contribution in [3.8, 4) is 6.07 Å².